The molecule has 1 aromatic carbocycles. The highest BCUT2D eigenvalue weighted by atomic mass is 16.2. The average molecular weight is 258 g/mol. The normalized spacial score (nSPS) is 20.8. The molecule has 1 aliphatic carbocycles. The molecule has 0 saturated heterocycles. The van der Waals surface area contributed by atoms with Crippen LogP contribution in [0.25, 0.3) is 0 Å². The Kier molecular flexibility index (Phi) is 3.45. The summed E-state index contributed by atoms with van der Waals surface area (Å²) in [5, 5.41) is 3.47. The molecule has 2 aliphatic rings. The van der Waals surface area contributed by atoms with Gasteiger partial charge in [0.05, 0.1) is 0 Å². The summed E-state index contributed by atoms with van der Waals surface area (Å²) in [5.41, 5.74) is 2.54. The van der Waals surface area contributed by atoms with Crippen LogP contribution in [0.15, 0.2) is 24.3 Å². The topological polar surface area (TPSA) is 32.3 Å². The van der Waals surface area contributed by atoms with Crippen LogP contribution in [-0.4, -0.2) is 29.4 Å². The fourth-order valence-electron chi connectivity index (χ4n) is 2.96. The van der Waals surface area contributed by atoms with Crippen LogP contribution in [0.5, 0.6) is 0 Å². The Bertz CT molecular complexity index is 443. The van der Waals surface area contributed by atoms with Gasteiger partial charge in [-0.1, -0.05) is 25.1 Å². The molecule has 102 valence electrons. The lowest BCUT2D eigenvalue weighted by Crippen LogP contribution is -2.37. The van der Waals surface area contributed by atoms with E-state index in [4.69, 9.17) is 0 Å². The number of carbonyl (C=O) groups is 1. The largest absolute Gasteiger partial charge is 0.381 e. The number of hydrogen-bond acceptors (Lipinski definition) is 2. The van der Waals surface area contributed by atoms with Crippen molar-refractivity contribution >= 4 is 11.6 Å². The van der Waals surface area contributed by atoms with Gasteiger partial charge in [-0.3, -0.25) is 4.79 Å². The Hall–Kier alpha value is -1.51. The van der Waals surface area contributed by atoms with Crippen molar-refractivity contribution < 1.29 is 4.79 Å². The first kappa shape index (κ1) is 12.5. The summed E-state index contributed by atoms with van der Waals surface area (Å²) in [6.45, 7) is 3.06. The average Bonchev–Trinajstić information content (AvgIpc) is 3.15. The SMILES string of the molecule is CCCN(C(=O)CC1Cc2ccccc2N1)C1CC1. The van der Waals surface area contributed by atoms with Gasteiger partial charge in [0.1, 0.15) is 0 Å². The molecule has 1 fully saturated rings. The molecular weight excluding hydrogens is 236 g/mol. The molecule has 1 unspecified atom stereocenters. The quantitative estimate of drug-likeness (QED) is 0.880. The third-order valence-corrected chi connectivity index (χ3v) is 4.04. The monoisotopic (exact) mass is 258 g/mol. The van der Waals surface area contributed by atoms with E-state index < -0.39 is 0 Å². The highest BCUT2D eigenvalue weighted by Crippen LogP contribution is 2.30. The molecule has 0 aromatic heterocycles. The van der Waals surface area contributed by atoms with Gasteiger partial charge in [-0.15, -0.1) is 0 Å². The Balaban J connectivity index is 1.59. The number of hydrogen-bond donors (Lipinski definition) is 1. The molecule has 0 radical (unpaired) electrons. The number of benzene rings is 1. The lowest BCUT2D eigenvalue weighted by molar-refractivity contribution is -0.132. The molecule has 0 spiro atoms. The zero-order valence-corrected chi connectivity index (χ0v) is 11.6. The van der Waals surface area contributed by atoms with E-state index in [0.29, 0.717) is 18.4 Å². The van der Waals surface area contributed by atoms with E-state index >= 15 is 0 Å². The van der Waals surface area contributed by atoms with Gasteiger partial charge in [-0.2, -0.15) is 0 Å². The van der Waals surface area contributed by atoms with Gasteiger partial charge in [0.25, 0.3) is 0 Å². The maximum atomic E-state index is 12.4. The standard InChI is InChI=1S/C16H22N2O/c1-2-9-18(14-7-8-14)16(19)11-13-10-12-5-3-4-6-15(12)17-13/h3-6,13-14,17H,2,7-11H2,1H3. The van der Waals surface area contributed by atoms with Crippen molar-refractivity contribution in [3.05, 3.63) is 29.8 Å². The van der Waals surface area contributed by atoms with Gasteiger partial charge in [-0.25, -0.2) is 0 Å². The molecule has 1 N–H and O–H groups in total. The van der Waals surface area contributed by atoms with Gasteiger partial charge in [0, 0.05) is 30.7 Å². The summed E-state index contributed by atoms with van der Waals surface area (Å²) in [6.07, 6.45) is 5.06. The number of nitrogens with zero attached hydrogens (tertiary/aromatic N) is 1. The van der Waals surface area contributed by atoms with Crippen LogP contribution >= 0.6 is 0 Å². The van der Waals surface area contributed by atoms with E-state index in [1.54, 1.807) is 0 Å². The van der Waals surface area contributed by atoms with E-state index in [2.05, 4.69) is 35.3 Å². The lowest BCUT2D eigenvalue weighted by Gasteiger charge is -2.23. The number of nitrogens with one attached hydrogen (secondary N) is 1. The maximum absolute atomic E-state index is 12.4. The Morgan fingerprint density at radius 2 is 2.16 bits per heavy atom. The van der Waals surface area contributed by atoms with Crippen molar-refractivity contribution in [2.45, 2.75) is 51.1 Å². The molecule has 19 heavy (non-hydrogen) atoms. The fraction of sp³-hybridized carbons (Fsp3) is 0.562. The van der Waals surface area contributed by atoms with Gasteiger partial charge in [-0.05, 0) is 37.3 Å². The lowest BCUT2D eigenvalue weighted by atomic mass is 10.1. The van der Waals surface area contributed by atoms with Crippen molar-refractivity contribution in [2.75, 3.05) is 11.9 Å². The van der Waals surface area contributed by atoms with Crippen molar-refractivity contribution in [1.29, 1.82) is 0 Å². The molecule has 3 nitrogen and oxygen atoms in total. The maximum Gasteiger partial charge on any atom is 0.224 e. The van der Waals surface area contributed by atoms with Gasteiger partial charge in [0.2, 0.25) is 5.91 Å². The number of fused-ring (bicyclic) bond motifs is 1. The van der Waals surface area contributed by atoms with E-state index in [0.717, 1.165) is 19.4 Å². The summed E-state index contributed by atoms with van der Waals surface area (Å²) in [6, 6.07) is 9.18. The Morgan fingerprint density at radius 3 is 2.84 bits per heavy atom. The summed E-state index contributed by atoms with van der Waals surface area (Å²) >= 11 is 0. The van der Waals surface area contributed by atoms with Crippen LogP contribution in [0.3, 0.4) is 0 Å². The van der Waals surface area contributed by atoms with E-state index in [-0.39, 0.29) is 6.04 Å². The van der Waals surface area contributed by atoms with Crippen LogP contribution in [0.4, 0.5) is 5.69 Å². The summed E-state index contributed by atoms with van der Waals surface area (Å²) in [7, 11) is 0. The third kappa shape index (κ3) is 2.75. The van der Waals surface area contributed by atoms with Crippen LogP contribution in [0.2, 0.25) is 0 Å². The molecule has 0 bridgehead atoms. The van der Waals surface area contributed by atoms with E-state index in [1.165, 1.54) is 24.1 Å². The molecule has 1 amide bonds. The fourth-order valence-corrected chi connectivity index (χ4v) is 2.96. The second-order valence-corrected chi connectivity index (χ2v) is 5.72. The molecule has 1 atom stereocenters. The van der Waals surface area contributed by atoms with Crippen LogP contribution in [-0.2, 0) is 11.2 Å². The zero-order chi connectivity index (χ0) is 13.2. The number of carbonyl (C=O) groups excluding carboxylic acids is 1. The van der Waals surface area contributed by atoms with Gasteiger partial charge < -0.3 is 10.2 Å². The number of amides is 1. The minimum Gasteiger partial charge on any atom is -0.381 e. The minimum atomic E-state index is 0.281. The molecule has 1 heterocycles. The number of rotatable bonds is 5. The molecule has 1 saturated carbocycles. The molecule has 1 aromatic rings. The first-order chi connectivity index (χ1) is 9.28. The van der Waals surface area contributed by atoms with E-state index in [9.17, 15) is 4.79 Å². The first-order valence-corrected chi connectivity index (χ1v) is 7.42. The van der Waals surface area contributed by atoms with Crippen LogP contribution < -0.4 is 5.32 Å². The highest BCUT2D eigenvalue weighted by Gasteiger charge is 2.33. The van der Waals surface area contributed by atoms with Crippen molar-refractivity contribution in [3.63, 3.8) is 0 Å². The van der Waals surface area contributed by atoms with Gasteiger partial charge in [0.15, 0.2) is 0 Å². The van der Waals surface area contributed by atoms with Gasteiger partial charge >= 0.3 is 0 Å². The summed E-state index contributed by atoms with van der Waals surface area (Å²) < 4.78 is 0. The van der Waals surface area contributed by atoms with E-state index in [1.807, 2.05) is 6.07 Å². The zero-order valence-electron chi connectivity index (χ0n) is 11.6. The molecule has 3 heteroatoms. The number of para-hydroxylation sites is 1. The third-order valence-electron chi connectivity index (χ3n) is 4.04. The van der Waals surface area contributed by atoms with Crippen LogP contribution in [0, 0.1) is 0 Å². The smallest absolute Gasteiger partial charge is 0.224 e. The van der Waals surface area contributed by atoms with Crippen molar-refractivity contribution in [1.82, 2.24) is 4.90 Å². The Labute approximate surface area is 115 Å². The molecule has 3 rings (SSSR count). The molecular formula is C16H22N2O. The summed E-state index contributed by atoms with van der Waals surface area (Å²) in [4.78, 5) is 14.5. The molecule has 1 aliphatic heterocycles. The predicted octanol–water partition coefficient (Wildman–Crippen LogP) is 2.81. The van der Waals surface area contributed by atoms with Crippen molar-refractivity contribution in [3.8, 4) is 0 Å². The summed E-state index contributed by atoms with van der Waals surface area (Å²) in [5.74, 6) is 0.328. The minimum absolute atomic E-state index is 0.281. The predicted molar refractivity (Wildman–Crippen MR) is 77.2 cm³/mol. The van der Waals surface area contributed by atoms with Crippen molar-refractivity contribution in [2.24, 2.45) is 0 Å². The first-order valence-electron chi connectivity index (χ1n) is 7.42. The van der Waals surface area contributed by atoms with Crippen LogP contribution in [0.1, 0.15) is 38.2 Å². The highest BCUT2D eigenvalue weighted by molar-refractivity contribution is 5.78. The Morgan fingerprint density at radius 1 is 1.37 bits per heavy atom. The number of anilines is 1. The second-order valence-electron chi connectivity index (χ2n) is 5.72. The second kappa shape index (κ2) is 5.24.